The maximum Gasteiger partial charge on any atom is 0.315 e. The molecule has 2 atom stereocenters. The van der Waals surface area contributed by atoms with Gasteiger partial charge in [-0.15, -0.1) is 0 Å². The van der Waals surface area contributed by atoms with E-state index in [0.717, 1.165) is 0 Å². The first-order valence-electron chi connectivity index (χ1n) is 7.09. The molecule has 1 saturated heterocycles. The first-order valence-corrected chi connectivity index (χ1v) is 8.91. The van der Waals surface area contributed by atoms with Gasteiger partial charge in [0.2, 0.25) is 5.91 Å². The van der Waals surface area contributed by atoms with Gasteiger partial charge in [0.15, 0.2) is 9.84 Å². The van der Waals surface area contributed by atoms with E-state index in [1.54, 1.807) is 0 Å². The van der Waals surface area contributed by atoms with Gasteiger partial charge in [0.1, 0.15) is 11.9 Å². The van der Waals surface area contributed by atoms with Gasteiger partial charge in [-0.05, 0) is 37.6 Å². The van der Waals surface area contributed by atoms with Crippen molar-refractivity contribution in [3.8, 4) is 0 Å². The molecule has 1 aliphatic rings. The molecule has 1 heterocycles. The lowest BCUT2D eigenvalue weighted by Crippen LogP contribution is -2.49. The lowest BCUT2D eigenvalue weighted by molar-refractivity contribution is -0.117. The molecule has 0 aliphatic carbocycles. The molecule has 3 amide bonds. The van der Waals surface area contributed by atoms with Crippen molar-refractivity contribution in [2.24, 2.45) is 0 Å². The number of urea groups is 1. The van der Waals surface area contributed by atoms with Gasteiger partial charge in [0.25, 0.3) is 0 Å². The quantitative estimate of drug-likeness (QED) is 0.746. The van der Waals surface area contributed by atoms with E-state index in [-0.39, 0.29) is 11.5 Å². The van der Waals surface area contributed by atoms with Crippen LogP contribution >= 0.6 is 0 Å². The molecule has 9 heteroatoms. The summed E-state index contributed by atoms with van der Waals surface area (Å²) < 4.78 is 35.4. The maximum atomic E-state index is 12.8. The minimum Gasteiger partial charge on any atom is -0.334 e. The second-order valence-corrected chi connectivity index (χ2v) is 7.66. The molecule has 126 valence electrons. The van der Waals surface area contributed by atoms with Crippen molar-refractivity contribution >= 4 is 27.5 Å². The molecule has 0 radical (unpaired) electrons. The zero-order valence-electron chi connectivity index (χ0n) is 12.5. The number of carbonyl (C=O) groups excluding carboxylic acids is 2. The highest BCUT2D eigenvalue weighted by Crippen LogP contribution is 2.11. The van der Waals surface area contributed by atoms with Gasteiger partial charge in [-0.2, -0.15) is 0 Å². The topological polar surface area (TPSA) is 104 Å². The van der Waals surface area contributed by atoms with Gasteiger partial charge in [0, 0.05) is 11.7 Å². The number of rotatable bonds is 4. The highest BCUT2D eigenvalue weighted by Gasteiger charge is 2.29. The highest BCUT2D eigenvalue weighted by molar-refractivity contribution is 7.91. The van der Waals surface area contributed by atoms with Crippen LogP contribution in [0.2, 0.25) is 0 Å². The zero-order chi connectivity index (χ0) is 17.0. The molecule has 3 N–H and O–H groups in total. The third-order valence-electron chi connectivity index (χ3n) is 3.42. The number of nitrogens with one attached hydrogen (secondary N) is 3. The van der Waals surface area contributed by atoms with Crippen LogP contribution in [0, 0.1) is 5.82 Å². The number of carbonyl (C=O) groups is 2. The molecule has 7 nitrogen and oxygen atoms in total. The van der Waals surface area contributed by atoms with Crippen LogP contribution in [-0.4, -0.2) is 43.9 Å². The fraction of sp³-hybridized carbons (Fsp3) is 0.429. The van der Waals surface area contributed by atoms with Gasteiger partial charge < -0.3 is 16.0 Å². The Balaban J connectivity index is 1.81. The highest BCUT2D eigenvalue weighted by atomic mass is 32.2. The van der Waals surface area contributed by atoms with Crippen LogP contribution in [-0.2, 0) is 14.6 Å². The monoisotopic (exact) mass is 343 g/mol. The summed E-state index contributed by atoms with van der Waals surface area (Å²) in [4.78, 5) is 23.7. The van der Waals surface area contributed by atoms with Gasteiger partial charge >= 0.3 is 6.03 Å². The Morgan fingerprint density at radius 3 is 2.48 bits per heavy atom. The molecule has 0 aromatic heterocycles. The molecular weight excluding hydrogens is 325 g/mol. The van der Waals surface area contributed by atoms with Crippen molar-refractivity contribution in [2.75, 3.05) is 16.8 Å². The lowest BCUT2D eigenvalue weighted by atomic mass is 10.2. The van der Waals surface area contributed by atoms with Crippen LogP contribution in [0.5, 0.6) is 0 Å². The molecular formula is C14H18FN3O4S. The molecule has 23 heavy (non-hydrogen) atoms. The predicted octanol–water partition coefficient (Wildman–Crippen LogP) is 0.639. The van der Waals surface area contributed by atoms with Crippen LogP contribution in [0.25, 0.3) is 0 Å². The summed E-state index contributed by atoms with van der Waals surface area (Å²) in [6.45, 7) is 1.49. The van der Waals surface area contributed by atoms with E-state index in [1.165, 1.54) is 31.2 Å². The number of benzene rings is 1. The molecule has 1 aromatic rings. The molecule has 1 aliphatic heterocycles. The number of hydrogen-bond donors (Lipinski definition) is 3. The number of amides is 3. The number of anilines is 1. The third kappa shape index (κ3) is 5.20. The van der Waals surface area contributed by atoms with Crippen LogP contribution < -0.4 is 16.0 Å². The summed E-state index contributed by atoms with van der Waals surface area (Å²) in [5, 5.41) is 7.50. The van der Waals surface area contributed by atoms with Crippen LogP contribution in [0.15, 0.2) is 24.3 Å². The van der Waals surface area contributed by atoms with E-state index in [2.05, 4.69) is 16.0 Å². The Morgan fingerprint density at radius 1 is 1.26 bits per heavy atom. The SMILES string of the molecule is CC(NC(=O)NC1CCS(=O)(=O)C1)C(=O)Nc1ccc(F)cc1. The first kappa shape index (κ1) is 17.2. The van der Waals surface area contributed by atoms with Gasteiger partial charge in [0.05, 0.1) is 11.5 Å². The molecule has 0 saturated carbocycles. The van der Waals surface area contributed by atoms with Crippen LogP contribution in [0.1, 0.15) is 13.3 Å². The summed E-state index contributed by atoms with van der Waals surface area (Å²) in [7, 11) is -3.08. The molecule has 2 unspecified atom stereocenters. The summed E-state index contributed by atoms with van der Waals surface area (Å²) >= 11 is 0. The van der Waals surface area contributed by atoms with Crippen LogP contribution in [0.3, 0.4) is 0 Å². The van der Waals surface area contributed by atoms with Crippen molar-refractivity contribution < 1.29 is 22.4 Å². The molecule has 0 spiro atoms. The van der Waals surface area contributed by atoms with Crippen molar-refractivity contribution in [3.63, 3.8) is 0 Å². The number of sulfone groups is 1. The summed E-state index contributed by atoms with van der Waals surface area (Å²) in [6, 6.07) is 3.36. The van der Waals surface area contributed by atoms with Crippen molar-refractivity contribution in [2.45, 2.75) is 25.4 Å². The molecule has 0 bridgehead atoms. The van der Waals surface area contributed by atoms with E-state index in [9.17, 15) is 22.4 Å². The normalized spacial score (nSPS) is 20.5. The zero-order valence-corrected chi connectivity index (χ0v) is 13.3. The molecule has 1 aromatic carbocycles. The van der Waals surface area contributed by atoms with Gasteiger partial charge in [-0.3, -0.25) is 4.79 Å². The Bertz CT molecular complexity index is 690. The average molecular weight is 343 g/mol. The van der Waals surface area contributed by atoms with E-state index in [1.807, 2.05) is 0 Å². The van der Waals surface area contributed by atoms with Gasteiger partial charge in [-0.25, -0.2) is 17.6 Å². The van der Waals surface area contributed by atoms with Crippen molar-refractivity contribution in [1.82, 2.24) is 10.6 Å². The molecule has 1 fully saturated rings. The second-order valence-electron chi connectivity index (χ2n) is 5.44. The van der Waals surface area contributed by atoms with E-state index >= 15 is 0 Å². The minimum absolute atomic E-state index is 0.0541. The third-order valence-corrected chi connectivity index (χ3v) is 5.19. The smallest absolute Gasteiger partial charge is 0.315 e. The Hall–Kier alpha value is -2.16. The fourth-order valence-electron chi connectivity index (χ4n) is 2.18. The van der Waals surface area contributed by atoms with E-state index in [0.29, 0.717) is 12.1 Å². The van der Waals surface area contributed by atoms with E-state index in [4.69, 9.17) is 0 Å². The summed E-state index contributed by atoms with van der Waals surface area (Å²) in [6.07, 6.45) is 0.367. The van der Waals surface area contributed by atoms with E-state index < -0.39 is 39.7 Å². The minimum atomic E-state index is -3.08. The largest absolute Gasteiger partial charge is 0.334 e. The average Bonchev–Trinajstić information content (AvgIpc) is 2.80. The van der Waals surface area contributed by atoms with Crippen LogP contribution in [0.4, 0.5) is 14.9 Å². The Morgan fingerprint density at radius 2 is 1.91 bits per heavy atom. The Kier molecular flexibility index (Phi) is 5.19. The van der Waals surface area contributed by atoms with Crippen molar-refractivity contribution in [1.29, 1.82) is 0 Å². The second kappa shape index (κ2) is 6.95. The summed E-state index contributed by atoms with van der Waals surface area (Å²) in [5.41, 5.74) is 0.410. The maximum absolute atomic E-state index is 12.8. The number of hydrogen-bond acceptors (Lipinski definition) is 4. The fourth-order valence-corrected chi connectivity index (χ4v) is 3.86. The number of halogens is 1. The first-order chi connectivity index (χ1) is 10.7. The van der Waals surface area contributed by atoms with Gasteiger partial charge in [-0.1, -0.05) is 0 Å². The Labute approximate surface area is 133 Å². The molecule has 2 rings (SSSR count). The standard InChI is InChI=1S/C14H18FN3O4S/c1-9(13(19)17-11-4-2-10(15)3-5-11)16-14(20)18-12-6-7-23(21,22)8-12/h2-5,9,12H,6-8H2,1H3,(H,17,19)(H2,16,18,20). The van der Waals surface area contributed by atoms with Crippen molar-refractivity contribution in [3.05, 3.63) is 30.1 Å². The summed E-state index contributed by atoms with van der Waals surface area (Å²) in [5.74, 6) is -0.916. The lowest BCUT2D eigenvalue weighted by Gasteiger charge is -2.17. The predicted molar refractivity (Wildman–Crippen MR) is 83.2 cm³/mol.